The van der Waals surface area contributed by atoms with E-state index in [-0.39, 0.29) is 16.6 Å². The zero-order chi connectivity index (χ0) is 12.7. The van der Waals surface area contributed by atoms with Crippen LogP contribution in [0.15, 0.2) is 12.1 Å². The van der Waals surface area contributed by atoms with Gasteiger partial charge in [0.2, 0.25) is 0 Å². The Morgan fingerprint density at radius 1 is 0.938 bits per heavy atom. The molecule has 0 fully saturated rings. The Kier molecular flexibility index (Phi) is 2.97. The minimum Gasteiger partial charge on any atom is -0.505 e. The van der Waals surface area contributed by atoms with Gasteiger partial charge in [-0.1, -0.05) is 47.6 Å². The Labute approximate surface area is 98.5 Å². The van der Waals surface area contributed by atoms with Gasteiger partial charge >= 0.3 is 0 Å². The zero-order valence-corrected chi connectivity index (χ0v) is 11.2. The Morgan fingerprint density at radius 3 is 1.81 bits per heavy atom. The lowest BCUT2D eigenvalue weighted by molar-refractivity contribution is 0.438. The summed E-state index contributed by atoms with van der Waals surface area (Å²) in [5.41, 5.74) is 8.25. The van der Waals surface area contributed by atoms with Crippen LogP contribution in [0.1, 0.15) is 52.7 Å². The predicted octanol–water partition coefficient (Wildman–Crippen LogP) is 3.57. The fraction of sp³-hybridized carbons (Fsp3) is 0.571. The first kappa shape index (κ1) is 12.9. The topological polar surface area (TPSA) is 46.2 Å². The highest BCUT2D eigenvalue weighted by Crippen LogP contribution is 2.41. The van der Waals surface area contributed by atoms with Crippen LogP contribution in [0.3, 0.4) is 0 Å². The fourth-order valence-corrected chi connectivity index (χ4v) is 1.99. The van der Waals surface area contributed by atoms with E-state index in [4.69, 9.17) is 5.73 Å². The van der Waals surface area contributed by atoms with Gasteiger partial charge in [0.15, 0.2) is 0 Å². The van der Waals surface area contributed by atoms with Crippen LogP contribution in [0.25, 0.3) is 0 Å². The quantitative estimate of drug-likeness (QED) is 0.519. The summed E-state index contributed by atoms with van der Waals surface area (Å²) in [6.07, 6.45) is 0. The number of anilines is 1. The number of nitrogens with two attached hydrogens (primary N) is 1. The van der Waals surface area contributed by atoms with Gasteiger partial charge in [-0.25, -0.2) is 0 Å². The van der Waals surface area contributed by atoms with E-state index in [0.717, 1.165) is 11.1 Å². The third kappa shape index (κ3) is 2.31. The lowest BCUT2D eigenvalue weighted by atomic mass is 9.74. The second kappa shape index (κ2) is 3.69. The third-order valence-electron chi connectivity index (χ3n) is 2.77. The van der Waals surface area contributed by atoms with E-state index in [0.29, 0.717) is 5.69 Å². The molecule has 0 spiro atoms. The lowest BCUT2D eigenvalue weighted by Gasteiger charge is -2.31. The molecule has 0 bridgehead atoms. The van der Waals surface area contributed by atoms with E-state index in [1.54, 1.807) is 6.07 Å². The zero-order valence-electron chi connectivity index (χ0n) is 11.2. The van der Waals surface area contributed by atoms with E-state index in [9.17, 15) is 5.11 Å². The molecule has 0 aromatic heterocycles. The van der Waals surface area contributed by atoms with Gasteiger partial charge in [0, 0.05) is 5.56 Å². The minimum absolute atomic E-state index is 0.00773. The summed E-state index contributed by atoms with van der Waals surface area (Å²) in [4.78, 5) is 0. The number of nitrogen functional groups attached to an aromatic ring is 1. The van der Waals surface area contributed by atoms with Gasteiger partial charge in [0.05, 0.1) is 5.69 Å². The number of phenols is 1. The highest BCUT2D eigenvalue weighted by molar-refractivity contribution is 5.61. The maximum absolute atomic E-state index is 10.2. The first-order valence-corrected chi connectivity index (χ1v) is 5.67. The molecule has 2 heteroatoms. The van der Waals surface area contributed by atoms with Crippen LogP contribution in [0.4, 0.5) is 5.69 Å². The molecule has 0 aliphatic heterocycles. The van der Waals surface area contributed by atoms with Crippen LogP contribution in [0.5, 0.6) is 5.75 Å². The van der Waals surface area contributed by atoms with Crippen molar-refractivity contribution in [1.29, 1.82) is 0 Å². The smallest absolute Gasteiger partial charge is 0.142 e. The second-order valence-electron chi connectivity index (χ2n) is 6.43. The van der Waals surface area contributed by atoms with Crippen LogP contribution < -0.4 is 5.73 Å². The molecular formula is C14H23NO. The molecule has 0 saturated heterocycles. The van der Waals surface area contributed by atoms with Crippen molar-refractivity contribution in [3.63, 3.8) is 0 Å². The Bertz CT molecular complexity index is 394. The van der Waals surface area contributed by atoms with Crippen molar-refractivity contribution in [3.8, 4) is 5.75 Å². The van der Waals surface area contributed by atoms with Crippen molar-refractivity contribution >= 4 is 5.69 Å². The standard InChI is InChI=1S/C14H23NO/c1-13(2,3)9-7-8-10(15)12(16)11(9)14(4,5)6/h7-8,16H,15H2,1-6H3. The van der Waals surface area contributed by atoms with Gasteiger partial charge in [0.25, 0.3) is 0 Å². The van der Waals surface area contributed by atoms with Crippen LogP contribution >= 0.6 is 0 Å². The van der Waals surface area contributed by atoms with Crippen molar-refractivity contribution < 1.29 is 5.11 Å². The maximum atomic E-state index is 10.2. The summed E-state index contributed by atoms with van der Waals surface area (Å²) in [5.74, 6) is 0.236. The summed E-state index contributed by atoms with van der Waals surface area (Å²) in [6.45, 7) is 12.7. The van der Waals surface area contributed by atoms with Crippen molar-refractivity contribution in [1.82, 2.24) is 0 Å². The number of hydrogen-bond donors (Lipinski definition) is 2. The molecule has 90 valence electrons. The molecule has 0 heterocycles. The molecular weight excluding hydrogens is 198 g/mol. The molecule has 0 atom stereocenters. The largest absolute Gasteiger partial charge is 0.505 e. The van der Waals surface area contributed by atoms with Gasteiger partial charge in [-0.3, -0.25) is 0 Å². The SMILES string of the molecule is CC(C)(C)c1ccc(N)c(O)c1C(C)(C)C. The van der Waals surface area contributed by atoms with E-state index in [1.165, 1.54) is 0 Å². The molecule has 0 amide bonds. The van der Waals surface area contributed by atoms with Gasteiger partial charge in [-0.15, -0.1) is 0 Å². The molecule has 2 nitrogen and oxygen atoms in total. The predicted molar refractivity (Wildman–Crippen MR) is 69.9 cm³/mol. The molecule has 0 radical (unpaired) electrons. The molecule has 3 N–H and O–H groups in total. The minimum atomic E-state index is -0.109. The van der Waals surface area contributed by atoms with Gasteiger partial charge < -0.3 is 10.8 Å². The van der Waals surface area contributed by atoms with Crippen LogP contribution in [0.2, 0.25) is 0 Å². The summed E-state index contributed by atoms with van der Waals surface area (Å²) in [5, 5.41) is 10.2. The number of aromatic hydroxyl groups is 1. The summed E-state index contributed by atoms with van der Waals surface area (Å²) in [7, 11) is 0. The number of rotatable bonds is 0. The summed E-state index contributed by atoms with van der Waals surface area (Å²) in [6, 6.07) is 3.81. The van der Waals surface area contributed by atoms with Crippen molar-refractivity contribution in [2.75, 3.05) is 5.73 Å². The average molecular weight is 221 g/mol. The molecule has 0 unspecified atom stereocenters. The highest BCUT2D eigenvalue weighted by atomic mass is 16.3. The van der Waals surface area contributed by atoms with E-state index in [2.05, 4.69) is 41.5 Å². The van der Waals surface area contributed by atoms with E-state index < -0.39 is 0 Å². The van der Waals surface area contributed by atoms with E-state index in [1.807, 2.05) is 6.07 Å². The number of hydrogen-bond acceptors (Lipinski definition) is 2. The van der Waals surface area contributed by atoms with Crippen molar-refractivity contribution in [3.05, 3.63) is 23.3 Å². The Balaban J connectivity index is 3.59. The van der Waals surface area contributed by atoms with Crippen molar-refractivity contribution in [2.45, 2.75) is 52.4 Å². The number of phenolic OH excluding ortho intramolecular Hbond substituents is 1. The normalized spacial score (nSPS) is 12.9. The monoisotopic (exact) mass is 221 g/mol. The van der Waals surface area contributed by atoms with Gasteiger partial charge in [0.1, 0.15) is 5.75 Å². The van der Waals surface area contributed by atoms with Gasteiger partial charge in [-0.2, -0.15) is 0 Å². The molecule has 16 heavy (non-hydrogen) atoms. The Hall–Kier alpha value is -1.18. The highest BCUT2D eigenvalue weighted by Gasteiger charge is 2.28. The van der Waals surface area contributed by atoms with Crippen molar-refractivity contribution in [2.24, 2.45) is 0 Å². The number of benzene rings is 1. The average Bonchev–Trinajstić information content (AvgIpc) is 2.05. The Morgan fingerprint density at radius 2 is 1.44 bits per heavy atom. The third-order valence-corrected chi connectivity index (χ3v) is 2.77. The molecule has 0 aliphatic rings. The fourth-order valence-electron chi connectivity index (χ4n) is 1.99. The first-order valence-electron chi connectivity index (χ1n) is 5.67. The summed E-state index contributed by atoms with van der Waals surface area (Å²) < 4.78 is 0. The second-order valence-corrected chi connectivity index (χ2v) is 6.43. The first-order chi connectivity index (χ1) is 7.05. The van der Waals surface area contributed by atoms with Crippen LogP contribution in [0, 0.1) is 0 Å². The maximum Gasteiger partial charge on any atom is 0.142 e. The van der Waals surface area contributed by atoms with E-state index >= 15 is 0 Å². The van der Waals surface area contributed by atoms with Crippen LogP contribution in [-0.4, -0.2) is 5.11 Å². The molecule has 1 rings (SSSR count). The summed E-state index contributed by atoms with van der Waals surface area (Å²) >= 11 is 0. The molecule has 1 aromatic carbocycles. The van der Waals surface area contributed by atoms with Crippen LogP contribution in [-0.2, 0) is 10.8 Å². The molecule has 0 saturated carbocycles. The lowest BCUT2D eigenvalue weighted by Crippen LogP contribution is -2.22. The van der Waals surface area contributed by atoms with Gasteiger partial charge in [-0.05, 0) is 22.5 Å². The molecule has 0 aliphatic carbocycles. The molecule has 1 aromatic rings.